The van der Waals surface area contributed by atoms with E-state index in [1.807, 2.05) is 28.8 Å². The lowest BCUT2D eigenvalue weighted by molar-refractivity contribution is 0.287. The highest BCUT2D eigenvalue weighted by atomic mass is 32.2. The van der Waals surface area contributed by atoms with Gasteiger partial charge in [-0.2, -0.15) is 0 Å². The van der Waals surface area contributed by atoms with Crippen LogP contribution in [-0.2, 0) is 0 Å². The molecule has 4 nitrogen and oxygen atoms in total. The maximum Gasteiger partial charge on any atom is 0.195 e. The van der Waals surface area contributed by atoms with Crippen LogP contribution in [0.3, 0.4) is 0 Å². The van der Waals surface area contributed by atoms with Crippen LogP contribution < -0.4 is 0 Å². The van der Waals surface area contributed by atoms with E-state index in [-0.39, 0.29) is 6.61 Å². The number of nitrogens with zero attached hydrogens (tertiary/aromatic N) is 3. The standard InChI is InChI=1S/C10H13N3OS/c14-7-3-4-8-15-10-12-11-9-5-1-2-6-13(9)10/h1-2,5-6,14H,3-4,7-8H2. The van der Waals surface area contributed by atoms with Crippen molar-refractivity contribution >= 4 is 17.4 Å². The summed E-state index contributed by atoms with van der Waals surface area (Å²) in [5.41, 5.74) is 0.877. The molecule has 1 N–H and O–H groups in total. The van der Waals surface area contributed by atoms with E-state index in [1.54, 1.807) is 11.8 Å². The van der Waals surface area contributed by atoms with Gasteiger partial charge in [0, 0.05) is 18.6 Å². The molecule has 5 heteroatoms. The van der Waals surface area contributed by atoms with E-state index < -0.39 is 0 Å². The Morgan fingerprint density at radius 1 is 1.27 bits per heavy atom. The third-order valence-electron chi connectivity index (χ3n) is 2.07. The summed E-state index contributed by atoms with van der Waals surface area (Å²) in [7, 11) is 0. The van der Waals surface area contributed by atoms with Crippen LogP contribution in [0.4, 0.5) is 0 Å². The van der Waals surface area contributed by atoms with Gasteiger partial charge in [-0.1, -0.05) is 17.8 Å². The van der Waals surface area contributed by atoms with E-state index in [9.17, 15) is 0 Å². The maximum absolute atomic E-state index is 8.65. The Morgan fingerprint density at radius 3 is 3.07 bits per heavy atom. The molecule has 0 atom stereocenters. The van der Waals surface area contributed by atoms with Gasteiger partial charge in [0.25, 0.3) is 0 Å². The number of unbranched alkanes of at least 4 members (excludes halogenated alkanes) is 1. The van der Waals surface area contributed by atoms with Gasteiger partial charge in [0.15, 0.2) is 10.8 Å². The molecule has 0 spiro atoms. The van der Waals surface area contributed by atoms with Crippen LogP contribution in [0.5, 0.6) is 0 Å². The SMILES string of the molecule is OCCCCSc1nnc2ccccn12. The van der Waals surface area contributed by atoms with Crippen LogP contribution in [0.2, 0.25) is 0 Å². The molecule has 0 aliphatic rings. The minimum atomic E-state index is 0.265. The lowest BCUT2D eigenvalue weighted by atomic mass is 10.4. The number of aliphatic hydroxyl groups is 1. The van der Waals surface area contributed by atoms with Crippen molar-refractivity contribution in [2.24, 2.45) is 0 Å². The first-order valence-electron chi connectivity index (χ1n) is 4.95. The lowest BCUT2D eigenvalue weighted by Crippen LogP contribution is -1.89. The molecule has 0 aromatic carbocycles. The Hall–Kier alpha value is -1.07. The van der Waals surface area contributed by atoms with Gasteiger partial charge < -0.3 is 5.11 Å². The number of rotatable bonds is 5. The second kappa shape index (κ2) is 5.14. The molecule has 0 saturated heterocycles. The van der Waals surface area contributed by atoms with Gasteiger partial charge in [-0.05, 0) is 25.0 Å². The van der Waals surface area contributed by atoms with Gasteiger partial charge in [0.1, 0.15) is 0 Å². The van der Waals surface area contributed by atoms with Crippen molar-refractivity contribution in [2.45, 2.75) is 18.0 Å². The Balaban J connectivity index is 2.02. The number of aromatic nitrogens is 3. The fraction of sp³-hybridized carbons (Fsp3) is 0.400. The predicted molar refractivity (Wildman–Crippen MR) is 60.0 cm³/mol. The van der Waals surface area contributed by atoms with Gasteiger partial charge in [-0.3, -0.25) is 4.40 Å². The Kier molecular flexibility index (Phi) is 3.58. The van der Waals surface area contributed by atoms with Crippen LogP contribution in [0.15, 0.2) is 29.6 Å². The largest absolute Gasteiger partial charge is 0.396 e. The quantitative estimate of drug-likeness (QED) is 0.618. The van der Waals surface area contributed by atoms with E-state index in [0.717, 1.165) is 29.4 Å². The highest BCUT2D eigenvalue weighted by Gasteiger charge is 2.03. The Morgan fingerprint density at radius 2 is 2.20 bits per heavy atom. The molecule has 2 heterocycles. The number of fused-ring (bicyclic) bond motifs is 1. The second-order valence-corrected chi connectivity index (χ2v) is 4.25. The van der Waals surface area contributed by atoms with Gasteiger partial charge in [-0.15, -0.1) is 10.2 Å². The van der Waals surface area contributed by atoms with Gasteiger partial charge in [0.2, 0.25) is 0 Å². The molecular weight excluding hydrogens is 210 g/mol. The van der Waals surface area contributed by atoms with Crippen molar-refractivity contribution in [2.75, 3.05) is 12.4 Å². The monoisotopic (exact) mass is 223 g/mol. The van der Waals surface area contributed by atoms with E-state index in [0.29, 0.717) is 0 Å². The molecule has 0 unspecified atom stereocenters. The molecule has 0 radical (unpaired) electrons. The van der Waals surface area contributed by atoms with E-state index in [2.05, 4.69) is 10.2 Å². The molecule has 0 aliphatic heterocycles. The molecule has 2 aromatic heterocycles. The molecule has 0 aliphatic carbocycles. The molecule has 80 valence electrons. The molecule has 0 bridgehead atoms. The van der Waals surface area contributed by atoms with Crippen molar-refractivity contribution in [3.05, 3.63) is 24.4 Å². The summed E-state index contributed by atoms with van der Waals surface area (Å²) in [5, 5.41) is 17.7. The van der Waals surface area contributed by atoms with Crippen LogP contribution in [-0.4, -0.2) is 32.1 Å². The van der Waals surface area contributed by atoms with Crippen molar-refractivity contribution in [1.29, 1.82) is 0 Å². The fourth-order valence-corrected chi connectivity index (χ4v) is 2.22. The van der Waals surface area contributed by atoms with Crippen LogP contribution in [0.25, 0.3) is 5.65 Å². The molecular formula is C10H13N3OS. The van der Waals surface area contributed by atoms with Gasteiger partial charge in [0.05, 0.1) is 0 Å². The number of thioether (sulfide) groups is 1. The van der Waals surface area contributed by atoms with Crippen LogP contribution in [0, 0.1) is 0 Å². The molecule has 0 amide bonds. The summed E-state index contributed by atoms with van der Waals surface area (Å²) in [6.07, 6.45) is 3.82. The third-order valence-corrected chi connectivity index (χ3v) is 3.10. The van der Waals surface area contributed by atoms with E-state index >= 15 is 0 Å². The van der Waals surface area contributed by atoms with Crippen molar-refractivity contribution < 1.29 is 5.11 Å². The second-order valence-electron chi connectivity index (χ2n) is 3.19. The minimum absolute atomic E-state index is 0.265. The van der Waals surface area contributed by atoms with Crippen molar-refractivity contribution in [1.82, 2.24) is 14.6 Å². The minimum Gasteiger partial charge on any atom is -0.396 e. The first-order valence-corrected chi connectivity index (χ1v) is 5.94. The molecule has 0 fully saturated rings. The molecule has 0 saturated carbocycles. The summed E-state index contributed by atoms with van der Waals surface area (Å²) < 4.78 is 1.98. The fourth-order valence-electron chi connectivity index (χ4n) is 1.30. The normalized spacial score (nSPS) is 11.0. The van der Waals surface area contributed by atoms with Gasteiger partial charge in [-0.25, -0.2) is 0 Å². The van der Waals surface area contributed by atoms with Crippen molar-refractivity contribution in [3.8, 4) is 0 Å². The number of hydrogen-bond acceptors (Lipinski definition) is 4. The zero-order chi connectivity index (χ0) is 10.5. The first-order chi connectivity index (χ1) is 7.42. The van der Waals surface area contributed by atoms with Gasteiger partial charge >= 0.3 is 0 Å². The average Bonchev–Trinajstić information content (AvgIpc) is 2.68. The lowest BCUT2D eigenvalue weighted by Gasteiger charge is -1.98. The van der Waals surface area contributed by atoms with E-state index in [1.165, 1.54) is 0 Å². The summed E-state index contributed by atoms with van der Waals surface area (Å²) >= 11 is 1.67. The summed E-state index contributed by atoms with van der Waals surface area (Å²) in [6.45, 7) is 0.265. The maximum atomic E-state index is 8.65. The third kappa shape index (κ3) is 2.49. The summed E-state index contributed by atoms with van der Waals surface area (Å²) in [5.74, 6) is 0.968. The van der Waals surface area contributed by atoms with Crippen LogP contribution in [0.1, 0.15) is 12.8 Å². The topological polar surface area (TPSA) is 50.4 Å². The number of hydrogen-bond donors (Lipinski definition) is 1. The number of aliphatic hydroxyl groups excluding tert-OH is 1. The summed E-state index contributed by atoms with van der Waals surface area (Å²) in [6, 6.07) is 5.85. The smallest absolute Gasteiger partial charge is 0.195 e. The average molecular weight is 223 g/mol. The zero-order valence-corrected chi connectivity index (χ0v) is 9.15. The Labute approximate surface area is 92.3 Å². The summed E-state index contributed by atoms with van der Waals surface area (Å²) in [4.78, 5) is 0. The molecule has 15 heavy (non-hydrogen) atoms. The Bertz CT molecular complexity index is 429. The van der Waals surface area contributed by atoms with E-state index in [4.69, 9.17) is 5.11 Å². The highest BCUT2D eigenvalue weighted by Crippen LogP contribution is 2.17. The number of pyridine rings is 1. The zero-order valence-electron chi connectivity index (χ0n) is 8.33. The molecule has 2 rings (SSSR count). The molecule has 2 aromatic rings. The highest BCUT2D eigenvalue weighted by molar-refractivity contribution is 7.99. The first kappa shape index (κ1) is 10.4. The van der Waals surface area contributed by atoms with Crippen molar-refractivity contribution in [3.63, 3.8) is 0 Å². The van der Waals surface area contributed by atoms with Crippen LogP contribution >= 0.6 is 11.8 Å². The predicted octanol–water partition coefficient (Wildman–Crippen LogP) is 1.59.